The molecule has 1 atom stereocenters. The van der Waals surface area contributed by atoms with Gasteiger partial charge in [0.25, 0.3) is 0 Å². The van der Waals surface area contributed by atoms with E-state index in [2.05, 4.69) is 0 Å². The summed E-state index contributed by atoms with van der Waals surface area (Å²) >= 11 is 0. The summed E-state index contributed by atoms with van der Waals surface area (Å²) < 4.78 is 96.6. The van der Waals surface area contributed by atoms with Crippen molar-refractivity contribution < 1.29 is 40.2 Å². The van der Waals surface area contributed by atoms with Crippen molar-refractivity contribution in [2.45, 2.75) is 56.2 Å². The Labute approximate surface area is 117 Å². The van der Waals surface area contributed by atoms with E-state index in [0.717, 1.165) is 19.3 Å². The molecule has 0 bridgehead atoms. The van der Waals surface area contributed by atoms with Crippen LogP contribution in [0, 0.1) is 0 Å². The Morgan fingerprint density at radius 1 is 0.952 bits per heavy atom. The van der Waals surface area contributed by atoms with E-state index in [4.69, 9.17) is 9.47 Å². The lowest BCUT2D eigenvalue weighted by atomic mass is 10.1. The van der Waals surface area contributed by atoms with Gasteiger partial charge in [-0.15, -0.1) is 0 Å². The highest BCUT2D eigenvalue weighted by atomic mass is 19.4. The van der Waals surface area contributed by atoms with Crippen molar-refractivity contribution >= 4 is 0 Å². The first-order valence-corrected chi connectivity index (χ1v) is 6.59. The number of hydrogen-bond acceptors (Lipinski definition) is 2. The molecule has 0 aliphatic carbocycles. The molecular weight excluding hydrogens is 309 g/mol. The Morgan fingerprint density at radius 3 is 2.14 bits per heavy atom. The van der Waals surface area contributed by atoms with Crippen LogP contribution in [0.15, 0.2) is 0 Å². The maximum Gasteiger partial charge on any atom is 0.459 e. The number of alkyl halides is 7. The fourth-order valence-corrected chi connectivity index (χ4v) is 1.92. The molecule has 0 aromatic carbocycles. The standard InChI is InChI=1S/C12H17F7O2/c13-10(14,11(15,16)12(17,18)19)5-8-20-7-4-9-3-1-2-6-21-9/h9H,1-8H2. The minimum absolute atomic E-state index is 0.0155. The van der Waals surface area contributed by atoms with Crippen LogP contribution in [-0.2, 0) is 9.47 Å². The van der Waals surface area contributed by atoms with Crippen LogP contribution in [-0.4, -0.2) is 43.9 Å². The number of rotatable bonds is 7. The average Bonchev–Trinajstić information content (AvgIpc) is 2.38. The molecule has 1 unspecified atom stereocenters. The van der Waals surface area contributed by atoms with E-state index in [1.165, 1.54) is 0 Å². The van der Waals surface area contributed by atoms with Gasteiger partial charge in [0, 0.05) is 19.6 Å². The van der Waals surface area contributed by atoms with E-state index < -0.39 is 31.0 Å². The summed E-state index contributed by atoms with van der Waals surface area (Å²) in [5, 5.41) is 0. The van der Waals surface area contributed by atoms with E-state index in [1.807, 2.05) is 0 Å². The predicted molar refractivity (Wildman–Crippen MR) is 59.6 cm³/mol. The third-order valence-electron chi connectivity index (χ3n) is 3.23. The molecule has 1 heterocycles. The Morgan fingerprint density at radius 2 is 1.62 bits per heavy atom. The molecule has 1 fully saturated rings. The van der Waals surface area contributed by atoms with Crippen LogP contribution >= 0.6 is 0 Å². The lowest BCUT2D eigenvalue weighted by Gasteiger charge is -2.28. The molecule has 1 saturated heterocycles. The Hall–Kier alpha value is -0.570. The monoisotopic (exact) mass is 326 g/mol. The summed E-state index contributed by atoms with van der Waals surface area (Å²) in [7, 11) is 0. The van der Waals surface area contributed by atoms with E-state index in [9.17, 15) is 30.7 Å². The molecule has 2 nitrogen and oxygen atoms in total. The van der Waals surface area contributed by atoms with Crippen LogP contribution in [0.3, 0.4) is 0 Å². The van der Waals surface area contributed by atoms with Crippen molar-refractivity contribution in [3.63, 3.8) is 0 Å². The predicted octanol–water partition coefficient (Wildman–Crippen LogP) is 4.19. The minimum Gasteiger partial charge on any atom is -0.381 e. The normalized spacial score (nSPS) is 21.6. The van der Waals surface area contributed by atoms with Crippen molar-refractivity contribution in [3.8, 4) is 0 Å². The molecule has 0 radical (unpaired) electrons. The molecule has 21 heavy (non-hydrogen) atoms. The van der Waals surface area contributed by atoms with Crippen LogP contribution in [0.25, 0.3) is 0 Å². The second kappa shape index (κ2) is 7.13. The highest BCUT2D eigenvalue weighted by molar-refractivity contribution is 4.90. The smallest absolute Gasteiger partial charge is 0.381 e. The van der Waals surface area contributed by atoms with Gasteiger partial charge >= 0.3 is 18.0 Å². The van der Waals surface area contributed by atoms with Crippen LogP contribution in [0.5, 0.6) is 0 Å². The van der Waals surface area contributed by atoms with Gasteiger partial charge in [0.15, 0.2) is 0 Å². The highest BCUT2D eigenvalue weighted by Gasteiger charge is 2.72. The number of hydrogen-bond donors (Lipinski definition) is 0. The van der Waals surface area contributed by atoms with Gasteiger partial charge in [-0.2, -0.15) is 30.7 Å². The van der Waals surface area contributed by atoms with Gasteiger partial charge in [0.1, 0.15) is 0 Å². The maximum atomic E-state index is 12.9. The molecule has 1 aliphatic heterocycles. The summed E-state index contributed by atoms with van der Waals surface area (Å²) in [6.07, 6.45) is -4.93. The van der Waals surface area contributed by atoms with E-state index in [0.29, 0.717) is 13.0 Å². The lowest BCUT2D eigenvalue weighted by Crippen LogP contribution is -2.52. The fourth-order valence-electron chi connectivity index (χ4n) is 1.92. The number of ether oxygens (including phenoxy) is 2. The first kappa shape index (κ1) is 18.5. The van der Waals surface area contributed by atoms with Crippen LogP contribution < -0.4 is 0 Å². The summed E-state index contributed by atoms with van der Waals surface area (Å²) in [5.74, 6) is -11.2. The molecule has 126 valence electrons. The summed E-state index contributed by atoms with van der Waals surface area (Å²) in [5.41, 5.74) is 0. The van der Waals surface area contributed by atoms with E-state index >= 15 is 0 Å². The van der Waals surface area contributed by atoms with Gasteiger partial charge in [-0.3, -0.25) is 0 Å². The zero-order chi connectivity index (χ0) is 16.1. The molecule has 0 aromatic heterocycles. The van der Waals surface area contributed by atoms with Crippen molar-refractivity contribution in [2.24, 2.45) is 0 Å². The van der Waals surface area contributed by atoms with Gasteiger partial charge in [-0.1, -0.05) is 0 Å². The van der Waals surface area contributed by atoms with Crippen molar-refractivity contribution in [2.75, 3.05) is 19.8 Å². The quantitative estimate of drug-likeness (QED) is 0.516. The second-order valence-corrected chi connectivity index (χ2v) is 4.92. The summed E-state index contributed by atoms with van der Waals surface area (Å²) in [6.45, 7) is -0.287. The molecule has 0 saturated carbocycles. The van der Waals surface area contributed by atoms with Crippen molar-refractivity contribution in [1.82, 2.24) is 0 Å². The molecule has 1 rings (SSSR count). The largest absolute Gasteiger partial charge is 0.459 e. The van der Waals surface area contributed by atoms with Gasteiger partial charge in [0.05, 0.1) is 12.7 Å². The Balaban J connectivity index is 2.27. The zero-order valence-corrected chi connectivity index (χ0v) is 11.2. The Bertz CT molecular complexity index is 311. The van der Waals surface area contributed by atoms with Crippen LogP contribution in [0.2, 0.25) is 0 Å². The van der Waals surface area contributed by atoms with Crippen LogP contribution in [0.4, 0.5) is 30.7 Å². The molecule has 0 amide bonds. The molecule has 0 aromatic rings. The average molecular weight is 326 g/mol. The third kappa shape index (κ3) is 4.98. The van der Waals surface area contributed by atoms with Crippen LogP contribution in [0.1, 0.15) is 32.1 Å². The van der Waals surface area contributed by atoms with E-state index in [-0.39, 0.29) is 12.7 Å². The van der Waals surface area contributed by atoms with Crippen molar-refractivity contribution in [1.29, 1.82) is 0 Å². The molecule has 1 aliphatic rings. The van der Waals surface area contributed by atoms with Gasteiger partial charge in [0.2, 0.25) is 0 Å². The fraction of sp³-hybridized carbons (Fsp3) is 1.00. The first-order chi connectivity index (χ1) is 9.58. The second-order valence-electron chi connectivity index (χ2n) is 4.92. The van der Waals surface area contributed by atoms with Gasteiger partial charge in [-0.25, -0.2) is 0 Å². The SMILES string of the molecule is FC(F)(F)C(F)(F)C(F)(F)CCOCCC1CCCCO1. The molecule has 0 spiro atoms. The molecule has 0 N–H and O–H groups in total. The summed E-state index contributed by atoms with van der Waals surface area (Å²) in [4.78, 5) is 0. The highest BCUT2D eigenvalue weighted by Crippen LogP contribution is 2.47. The van der Waals surface area contributed by atoms with E-state index in [1.54, 1.807) is 0 Å². The first-order valence-electron chi connectivity index (χ1n) is 6.59. The Kier molecular flexibility index (Phi) is 6.27. The minimum atomic E-state index is -6.29. The molecular formula is C12H17F7O2. The summed E-state index contributed by atoms with van der Waals surface area (Å²) in [6, 6.07) is 0. The topological polar surface area (TPSA) is 18.5 Å². The number of halogens is 7. The third-order valence-corrected chi connectivity index (χ3v) is 3.23. The zero-order valence-electron chi connectivity index (χ0n) is 11.2. The lowest BCUT2D eigenvalue weighted by molar-refractivity contribution is -0.356. The van der Waals surface area contributed by atoms with Gasteiger partial charge < -0.3 is 9.47 Å². The van der Waals surface area contributed by atoms with Gasteiger partial charge in [-0.05, 0) is 25.7 Å². The van der Waals surface area contributed by atoms with Crippen molar-refractivity contribution in [3.05, 3.63) is 0 Å². The maximum absolute atomic E-state index is 12.9. The molecule has 9 heteroatoms.